The Morgan fingerprint density at radius 3 is 2.77 bits per heavy atom. The Kier molecular flexibility index (Phi) is 6.53. The number of nitrogens with one attached hydrogen (secondary N) is 1. The topological polar surface area (TPSA) is 101 Å². The molecule has 1 aromatic carbocycles. The molecule has 0 saturated carbocycles. The van der Waals surface area contributed by atoms with E-state index in [0.29, 0.717) is 37.6 Å². The molecule has 1 fully saturated rings. The van der Waals surface area contributed by atoms with E-state index < -0.39 is 6.09 Å². The van der Waals surface area contributed by atoms with Gasteiger partial charge in [-0.3, -0.25) is 9.89 Å². The molecule has 4 rings (SSSR count). The zero-order valence-electron chi connectivity index (χ0n) is 16.9. The minimum Gasteiger partial charge on any atom is -0.448 e. The van der Waals surface area contributed by atoms with Crippen molar-refractivity contribution in [3.63, 3.8) is 0 Å². The second-order valence-corrected chi connectivity index (χ2v) is 6.88. The zero-order chi connectivity index (χ0) is 21.5. The number of anilines is 1. The molecule has 3 aromatic rings. The van der Waals surface area contributed by atoms with Gasteiger partial charge in [0, 0.05) is 36.4 Å². The van der Waals surface area contributed by atoms with Gasteiger partial charge in [-0.05, 0) is 30.3 Å². The van der Waals surface area contributed by atoms with Crippen LogP contribution in [0.15, 0.2) is 54.7 Å². The van der Waals surface area contributed by atoms with Crippen molar-refractivity contribution in [3.8, 4) is 0 Å². The number of aromatic amines is 1. The molecule has 3 heterocycles. The smallest absolute Gasteiger partial charge is 0.409 e. The van der Waals surface area contributed by atoms with E-state index in [2.05, 4.69) is 15.2 Å². The van der Waals surface area contributed by atoms with Crippen molar-refractivity contribution in [2.24, 2.45) is 0 Å². The Labute approximate surface area is 179 Å². The van der Waals surface area contributed by atoms with Crippen LogP contribution in [-0.4, -0.2) is 71.5 Å². The lowest BCUT2D eigenvalue weighted by Gasteiger charge is -2.27. The summed E-state index contributed by atoms with van der Waals surface area (Å²) in [4.78, 5) is 32.5. The van der Waals surface area contributed by atoms with E-state index in [1.165, 1.54) is 6.08 Å². The van der Waals surface area contributed by atoms with E-state index in [0.717, 1.165) is 11.1 Å². The number of H-pyrrole nitrogens is 1. The summed E-state index contributed by atoms with van der Waals surface area (Å²) in [5, 5.41) is 7.85. The molecule has 0 unspecified atom stereocenters. The molecule has 9 heteroatoms. The molecule has 0 aliphatic carbocycles. The highest BCUT2D eigenvalue weighted by Crippen LogP contribution is 2.17. The molecule has 31 heavy (non-hydrogen) atoms. The fourth-order valence-corrected chi connectivity index (χ4v) is 3.28. The van der Waals surface area contributed by atoms with Gasteiger partial charge in [0.15, 0.2) is 5.65 Å². The Morgan fingerprint density at radius 2 is 1.97 bits per heavy atom. The number of rotatable bonds is 6. The summed E-state index contributed by atoms with van der Waals surface area (Å²) in [6.45, 7) is 2.35. The number of nitrogens with zero attached hydrogens (tertiary/aromatic N) is 4. The van der Waals surface area contributed by atoms with Crippen molar-refractivity contribution in [1.82, 2.24) is 20.1 Å². The van der Waals surface area contributed by atoms with E-state index in [-0.39, 0.29) is 19.1 Å². The summed E-state index contributed by atoms with van der Waals surface area (Å²) in [5.74, 6) is -0.236. The van der Waals surface area contributed by atoms with Crippen LogP contribution in [0.25, 0.3) is 17.1 Å². The number of benzene rings is 1. The maximum absolute atomic E-state index is 13.0. The lowest BCUT2D eigenvalue weighted by Crippen LogP contribution is -2.42. The quantitative estimate of drug-likeness (QED) is 0.614. The molecule has 0 atom stereocenters. The molecular weight excluding hydrogens is 398 g/mol. The number of ether oxygens (including phenoxy) is 2. The third kappa shape index (κ3) is 5.07. The Hall–Kier alpha value is -3.72. The van der Waals surface area contributed by atoms with E-state index in [1.807, 2.05) is 42.5 Å². The van der Waals surface area contributed by atoms with Gasteiger partial charge in [0.25, 0.3) is 5.91 Å². The molecule has 1 aliphatic rings. The van der Waals surface area contributed by atoms with Gasteiger partial charge in [-0.1, -0.05) is 18.2 Å². The summed E-state index contributed by atoms with van der Waals surface area (Å²) in [5.41, 5.74) is 2.00. The first-order valence-electron chi connectivity index (χ1n) is 10.1. The molecule has 0 radical (unpaired) electrons. The van der Waals surface area contributed by atoms with Gasteiger partial charge in [0.2, 0.25) is 0 Å². The number of pyridine rings is 1. The molecule has 2 amide bonds. The van der Waals surface area contributed by atoms with E-state index in [9.17, 15) is 9.59 Å². The Bertz CT molecular complexity index is 1060. The number of aromatic nitrogens is 3. The SMILES string of the molecule is O=C(OCCN(C(=O)/C=C/c1[nH]nc2ncccc12)c1ccccc1)N1CCOCC1. The highest BCUT2D eigenvalue weighted by Gasteiger charge is 2.19. The number of carbonyl (C=O) groups excluding carboxylic acids is 2. The van der Waals surface area contributed by atoms with E-state index in [1.54, 1.807) is 22.1 Å². The molecule has 1 saturated heterocycles. The Balaban J connectivity index is 1.43. The van der Waals surface area contributed by atoms with E-state index in [4.69, 9.17) is 9.47 Å². The van der Waals surface area contributed by atoms with Gasteiger partial charge in [0.05, 0.1) is 25.5 Å². The zero-order valence-corrected chi connectivity index (χ0v) is 16.9. The number of hydrogen-bond donors (Lipinski definition) is 1. The number of para-hydroxylation sites is 1. The molecule has 2 aromatic heterocycles. The largest absolute Gasteiger partial charge is 0.448 e. The molecule has 0 bridgehead atoms. The lowest BCUT2D eigenvalue weighted by molar-refractivity contribution is -0.114. The van der Waals surface area contributed by atoms with Gasteiger partial charge >= 0.3 is 6.09 Å². The van der Waals surface area contributed by atoms with Gasteiger partial charge < -0.3 is 19.3 Å². The van der Waals surface area contributed by atoms with Crippen LogP contribution in [0.3, 0.4) is 0 Å². The van der Waals surface area contributed by atoms with Crippen LogP contribution in [0.4, 0.5) is 10.5 Å². The predicted molar refractivity (Wildman–Crippen MR) is 115 cm³/mol. The minimum atomic E-state index is -0.393. The van der Waals surface area contributed by atoms with Crippen LogP contribution < -0.4 is 4.90 Å². The van der Waals surface area contributed by atoms with Gasteiger partial charge in [-0.2, -0.15) is 5.10 Å². The first-order chi connectivity index (χ1) is 15.2. The number of carbonyl (C=O) groups is 2. The third-order valence-electron chi connectivity index (χ3n) is 4.90. The standard InChI is InChI=1S/C22H23N5O4/c28-20(9-8-19-18-7-4-10-23-21(18)25-24-19)27(17-5-2-1-3-6-17)13-16-31-22(29)26-11-14-30-15-12-26/h1-10H,11-16H2,(H,23,24,25)/b9-8+. The maximum atomic E-state index is 13.0. The summed E-state index contributed by atoms with van der Waals surface area (Å²) >= 11 is 0. The number of hydrogen-bond acceptors (Lipinski definition) is 6. The first kappa shape index (κ1) is 20.5. The van der Waals surface area contributed by atoms with Crippen LogP contribution in [0.5, 0.6) is 0 Å². The highest BCUT2D eigenvalue weighted by molar-refractivity contribution is 6.04. The normalized spacial score (nSPS) is 14.1. The molecule has 0 spiro atoms. The van der Waals surface area contributed by atoms with Crippen molar-refractivity contribution in [1.29, 1.82) is 0 Å². The van der Waals surface area contributed by atoms with Crippen molar-refractivity contribution in [2.45, 2.75) is 0 Å². The second kappa shape index (κ2) is 9.86. The molecule has 160 valence electrons. The molecular formula is C22H23N5O4. The first-order valence-corrected chi connectivity index (χ1v) is 10.1. The van der Waals surface area contributed by atoms with Crippen molar-refractivity contribution in [2.75, 3.05) is 44.4 Å². The van der Waals surface area contributed by atoms with Crippen LogP contribution in [0.2, 0.25) is 0 Å². The summed E-state index contributed by atoms with van der Waals surface area (Å²) in [6, 6.07) is 13.0. The second-order valence-electron chi connectivity index (χ2n) is 6.88. The summed E-state index contributed by atoms with van der Waals surface area (Å²) in [7, 11) is 0. The van der Waals surface area contributed by atoms with Crippen molar-refractivity contribution < 1.29 is 19.1 Å². The fourth-order valence-electron chi connectivity index (χ4n) is 3.28. The van der Waals surface area contributed by atoms with E-state index >= 15 is 0 Å². The number of morpholine rings is 1. The number of amides is 2. The van der Waals surface area contributed by atoms with Crippen LogP contribution in [0, 0.1) is 0 Å². The average molecular weight is 421 g/mol. The maximum Gasteiger partial charge on any atom is 0.409 e. The van der Waals surface area contributed by atoms with Crippen molar-refractivity contribution in [3.05, 3.63) is 60.4 Å². The van der Waals surface area contributed by atoms with Crippen LogP contribution in [-0.2, 0) is 14.3 Å². The van der Waals surface area contributed by atoms with Crippen LogP contribution >= 0.6 is 0 Å². The monoisotopic (exact) mass is 421 g/mol. The predicted octanol–water partition coefficient (Wildman–Crippen LogP) is 2.47. The minimum absolute atomic E-state index is 0.0849. The molecule has 1 aliphatic heterocycles. The van der Waals surface area contributed by atoms with Gasteiger partial charge in [0.1, 0.15) is 6.61 Å². The molecule has 1 N–H and O–H groups in total. The van der Waals surface area contributed by atoms with Crippen LogP contribution in [0.1, 0.15) is 5.69 Å². The summed E-state index contributed by atoms with van der Waals surface area (Å²) < 4.78 is 10.6. The fraction of sp³-hybridized carbons (Fsp3) is 0.273. The molecule has 9 nitrogen and oxygen atoms in total. The van der Waals surface area contributed by atoms with Crippen molar-refractivity contribution >= 4 is 34.8 Å². The van der Waals surface area contributed by atoms with Gasteiger partial charge in [-0.25, -0.2) is 9.78 Å². The summed E-state index contributed by atoms with van der Waals surface area (Å²) in [6.07, 6.45) is 4.42. The average Bonchev–Trinajstić information content (AvgIpc) is 3.24. The Morgan fingerprint density at radius 1 is 1.16 bits per heavy atom. The van der Waals surface area contributed by atoms with Gasteiger partial charge in [-0.15, -0.1) is 0 Å². The number of fused-ring (bicyclic) bond motifs is 1. The highest BCUT2D eigenvalue weighted by atomic mass is 16.6. The third-order valence-corrected chi connectivity index (χ3v) is 4.90. The lowest BCUT2D eigenvalue weighted by atomic mass is 10.2.